The first kappa shape index (κ1) is 21.2. The van der Waals surface area contributed by atoms with Crippen molar-refractivity contribution in [3.05, 3.63) is 82.4 Å². The second-order valence-electron chi connectivity index (χ2n) is 7.98. The van der Waals surface area contributed by atoms with E-state index in [1.54, 1.807) is 18.3 Å². The van der Waals surface area contributed by atoms with Crippen molar-refractivity contribution < 1.29 is 9.90 Å². The van der Waals surface area contributed by atoms with Crippen molar-refractivity contribution in [2.24, 2.45) is 0 Å². The van der Waals surface area contributed by atoms with Crippen LogP contribution in [0.25, 0.3) is 5.57 Å². The molecule has 4 heterocycles. The molecule has 32 heavy (non-hydrogen) atoms. The zero-order valence-electron chi connectivity index (χ0n) is 17.7. The molecule has 0 bridgehead atoms. The predicted molar refractivity (Wildman–Crippen MR) is 132 cm³/mol. The van der Waals surface area contributed by atoms with Crippen molar-refractivity contribution in [2.45, 2.75) is 16.4 Å². The summed E-state index contributed by atoms with van der Waals surface area (Å²) in [6.45, 7) is 4.41. The van der Waals surface area contributed by atoms with E-state index in [4.69, 9.17) is 0 Å². The second kappa shape index (κ2) is 9.48. The first-order valence-corrected chi connectivity index (χ1v) is 12.7. The van der Waals surface area contributed by atoms with Crippen LogP contribution in [0, 0.1) is 0 Å². The van der Waals surface area contributed by atoms with Crippen molar-refractivity contribution in [3.63, 3.8) is 0 Å². The van der Waals surface area contributed by atoms with Gasteiger partial charge < -0.3 is 10.0 Å². The highest BCUT2D eigenvalue weighted by molar-refractivity contribution is 8.00. The number of aromatic nitrogens is 1. The predicted octanol–water partition coefficient (Wildman–Crippen LogP) is 5.09. The van der Waals surface area contributed by atoms with Gasteiger partial charge >= 0.3 is 5.97 Å². The van der Waals surface area contributed by atoms with Crippen LogP contribution in [-0.4, -0.2) is 53.7 Å². The number of thioether (sulfide) groups is 1. The van der Waals surface area contributed by atoms with Crippen LogP contribution in [0.1, 0.15) is 33.5 Å². The molecule has 5 rings (SSSR count). The molecule has 1 N–H and O–H groups in total. The molecule has 1 fully saturated rings. The van der Waals surface area contributed by atoms with E-state index >= 15 is 0 Å². The molecule has 1 aromatic carbocycles. The van der Waals surface area contributed by atoms with Crippen molar-refractivity contribution in [1.29, 1.82) is 0 Å². The molecule has 0 spiro atoms. The fourth-order valence-corrected chi connectivity index (χ4v) is 6.53. The molecule has 2 aliphatic rings. The number of carboxylic acid groups (broad SMARTS) is 1. The van der Waals surface area contributed by atoms with Gasteiger partial charge in [-0.1, -0.05) is 30.3 Å². The number of thiophene rings is 1. The minimum atomic E-state index is -0.920. The number of piperazine rings is 1. The number of hydrogen-bond donors (Lipinski definition) is 1. The van der Waals surface area contributed by atoms with E-state index in [9.17, 15) is 9.90 Å². The average molecular weight is 464 g/mol. The van der Waals surface area contributed by atoms with Gasteiger partial charge in [0.05, 0.1) is 4.21 Å². The third-order valence-corrected chi connectivity index (χ3v) is 8.35. The Bertz CT molecular complexity index is 1150. The lowest BCUT2D eigenvalue weighted by Crippen LogP contribution is -2.47. The second-order valence-corrected chi connectivity index (χ2v) is 10.1. The molecule has 0 saturated carbocycles. The summed E-state index contributed by atoms with van der Waals surface area (Å²) < 4.78 is 1.41. The molecular formula is C25H25N3O2S2. The van der Waals surface area contributed by atoms with Crippen LogP contribution in [0.4, 0.5) is 5.82 Å². The number of aromatic carboxylic acids is 1. The van der Waals surface area contributed by atoms with Crippen LogP contribution in [0.3, 0.4) is 0 Å². The normalized spacial score (nSPS) is 17.6. The number of benzene rings is 1. The molecule has 164 valence electrons. The maximum atomic E-state index is 11.5. The van der Waals surface area contributed by atoms with Gasteiger partial charge in [-0.2, -0.15) is 0 Å². The Morgan fingerprint density at radius 3 is 2.75 bits per heavy atom. The highest BCUT2D eigenvalue weighted by atomic mass is 32.2. The van der Waals surface area contributed by atoms with Gasteiger partial charge in [-0.25, -0.2) is 9.78 Å². The van der Waals surface area contributed by atoms with E-state index in [0.29, 0.717) is 5.82 Å². The van der Waals surface area contributed by atoms with Crippen LogP contribution in [-0.2, 0) is 5.75 Å². The number of fused-ring (bicyclic) bond motifs is 2. The Morgan fingerprint density at radius 2 is 1.91 bits per heavy atom. The Kier molecular flexibility index (Phi) is 6.30. The molecule has 0 radical (unpaired) electrons. The van der Waals surface area contributed by atoms with Gasteiger partial charge in [-0.05, 0) is 46.7 Å². The lowest BCUT2D eigenvalue weighted by Gasteiger charge is -2.35. The third kappa shape index (κ3) is 4.33. The van der Waals surface area contributed by atoms with Crippen molar-refractivity contribution in [2.75, 3.05) is 37.6 Å². The summed E-state index contributed by atoms with van der Waals surface area (Å²) in [6, 6.07) is 14.3. The van der Waals surface area contributed by atoms with Crippen molar-refractivity contribution in [1.82, 2.24) is 9.88 Å². The summed E-state index contributed by atoms with van der Waals surface area (Å²) >= 11 is 3.77. The van der Waals surface area contributed by atoms with Crippen LogP contribution in [0.5, 0.6) is 0 Å². The van der Waals surface area contributed by atoms with Crippen molar-refractivity contribution in [3.8, 4) is 0 Å². The Labute approximate surface area is 196 Å². The number of hydrogen-bond acceptors (Lipinski definition) is 6. The topological polar surface area (TPSA) is 56.7 Å². The number of rotatable bonds is 5. The number of anilines is 1. The molecule has 7 heteroatoms. The van der Waals surface area contributed by atoms with E-state index in [1.807, 2.05) is 23.1 Å². The van der Waals surface area contributed by atoms with E-state index < -0.39 is 5.97 Å². The molecule has 0 aliphatic carbocycles. The highest BCUT2D eigenvalue weighted by Gasteiger charge is 2.23. The number of carboxylic acids is 1. The van der Waals surface area contributed by atoms with E-state index in [0.717, 1.165) is 44.9 Å². The minimum Gasteiger partial charge on any atom is -0.478 e. The molecule has 5 nitrogen and oxygen atoms in total. The van der Waals surface area contributed by atoms with Crippen LogP contribution >= 0.6 is 23.1 Å². The van der Waals surface area contributed by atoms with Crippen molar-refractivity contribution >= 4 is 40.5 Å². The largest absolute Gasteiger partial charge is 0.478 e. The molecule has 2 aliphatic heterocycles. The molecule has 2 aromatic heterocycles. The highest BCUT2D eigenvalue weighted by Crippen LogP contribution is 2.43. The average Bonchev–Trinajstić information content (AvgIpc) is 3.24. The number of pyridine rings is 1. The Morgan fingerprint density at radius 1 is 1.06 bits per heavy atom. The van der Waals surface area contributed by atoms with Crippen LogP contribution in [0.15, 0.2) is 64.3 Å². The van der Waals surface area contributed by atoms with Gasteiger partial charge in [0.15, 0.2) is 0 Å². The molecular weight excluding hydrogens is 438 g/mol. The first-order valence-electron chi connectivity index (χ1n) is 10.9. The third-order valence-electron chi connectivity index (χ3n) is 6.07. The zero-order chi connectivity index (χ0) is 21.9. The summed E-state index contributed by atoms with van der Waals surface area (Å²) in [7, 11) is 0. The maximum Gasteiger partial charge on any atom is 0.339 e. The smallest absolute Gasteiger partial charge is 0.339 e. The maximum absolute atomic E-state index is 11.5. The molecule has 3 aromatic rings. The lowest BCUT2D eigenvalue weighted by molar-refractivity contribution is 0.0697. The van der Waals surface area contributed by atoms with Gasteiger partial charge in [0, 0.05) is 50.2 Å². The number of nitrogens with zero attached hydrogens (tertiary/aromatic N) is 3. The summed E-state index contributed by atoms with van der Waals surface area (Å²) in [5, 5.41) is 11.6. The van der Waals surface area contributed by atoms with E-state index in [1.165, 1.54) is 26.5 Å². The SMILES string of the molecule is O=C(O)c1cccnc1N1CCN(CC/C=C2\c3ccccc3CSc3sccc32)CC1. The monoisotopic (exact) mass is 463 g/mol. The van der Waals surface area contributed by atoms with Crippen LogP contribution in [0.2, 0.25) is 0 Å². The lowest BCUT2D eigenvalue weighted by atomic mass is 9.95. The summed E-state index contributed by atoms with van der Waals surface area (Å²) in [5.41, 5.74) is 5.78. The van der Waals surface area contributed by atoms with E-state index in [2.05, 4.69) is 56.6 Å². The molecule has 0 atom stereocenters. The summed E-state index contributed by atoms with van der Waals surface area (Å²) in [5.74, 6) is 0.686. The van der Waals surface area contributed by atoms with Gasteiger partial charge in [0.1, 0.15) is 11.4 Å². The van der Waals surface area contributed by atoms with Gasteiger partial charge in [-0.3, -0.25) is 4.90 Å². The van der Waals surface area contributed by atoms with Gasteiger partial charge in [0.25, 0.3) is 0 Å². The first-order chi connectivity index (χ1) is 15.7. The number of carbonyl (C=O) groups is 1. The molecule has 1 saturated heterocycles. The van der Waals surface area contributed by atoms with Gasteiger partial charge in [0.2, 0.25) is 0 Å². The Balaban J connectivity index is 1.25. The minimum absolute atomic E-state index is 0.280. The summed E-state index contributed by atoms with van der Waals surface area (Å²) in [6.07, 6.45) is 5.07. The molecule has 0 unspecified atom stereocenters. The molecule has 0 amide bonds. The fourth-order valence-electron chi connectivity index (χ4n) is 4.41. The van der Waals surface area contributed by atoms with E-state index in [-0.39, 0.29) is 5.56 Å². The zero-order valence-corrected chi connectivity index (χ0v) is 19.4. The quantitative estimate of drug-likeness (QED) is 0.569. The standard InChI is InChI=1S/C25H25N3O2S2/c29-24(30)22-7-3-10-26-23(22)28-14-12-27(13-15-28)11-4-8-20-19-6-2-1-5-18(19)17-32-25-21(20)9-16-31-25/h1-3,5-10,16H,4,11-15,17H2,(H,29,30)/b20-8+. The summed E-state index contributed by atoms with van der Waals surface area (Å²) in [4.78, 5) is 20.4. The van der Waals surface area contributed by atoms with Crippen LogP contribution < -0.4 is 4.90 Å². The van der Waals surface area contributed by atoms with Gasteiger partial charge in [-0.15, -0.1) is 23.1 Å². The Hall–Kier alpha value is -2.61. The fraction of sp³-hybridized carbons (Fsp3) is 0.280.